The van der Waals surface area contributed by atoms with E-state index < -0.39 is 0 Å². The molecule has 1 N–H and O–H groups in total. The van der Waals surface area contributed by atoms with Crippen LogP contribution in [0, 0.1) is 0 Å². The molecule has 0 bridgehead atoms. The molecule has 1 amide bonds. The minimum absolute atomic E-state index is 0.198. The molecule has 0 aromatic heterocycles. The zero-order valence-electron chi connectivity index (χ0n) is 12.0. The summed E-state index contributed by atoms with van der Waals surface area (Å²) in [4.78, 5) is 13.4. The van der Waals surface area contributed by atoms with Crippen LogP contribution in [0.25, 0.3) is 0 Å². The maximum atomic E-state index is 11.3. The zero-order valence-corrected chi connectivity index (χ0v) is 13.7. The molecule has 5 heteroatoms. The normalized spacial score (nSPS) is 12.9. The van der Waals surface area contributed by atoms with Gasteiger partial charge in [-0.2, -0.15) is 0 Å². The molecule has 2 aromatic rings. The van der Waals surface area contributed by atoms with E-state index in [9.17, 15) is 4.79 Å². The highest BCUT2D eigenvalue weighted by Crippen LogP contribution is 2.37. The number of nitrogens with one attached hydrogen (secondary N) is 1. The summed E-state index contributed by atoms with van der Waals surface area (Å²) in [6.07, 6.45) is 2.31. The number of carbonyl (C=O) groups excluding carboxylic acids is 1. The van der Waals surface area contributed by atoms with Gasteiger partial charge in [0.05, 0.1) is 5.69 Å². The average Bonchev–Trinajstić information content (AvgIpc) is 2.91. The van der Waals surface area contributed by atoms with Gasteiger partial charge in [-0.15, -0.1) is 12.6 Å². The quantitative estimate of drug-likeness (QED) is 0.502. The average molecular weight is 328 g/mol. The van der Waals surface area contributed by atoms with E-state index >= 15 is 0 Å². The number of fused-ring (bicyclic) bond motifs is 1. The van der Waals surface area contributed by atoms with Gasteiger partial charge in [-0.3, -0.25) is 4.79 Å². The third-order valence-electron chi connectivity index (χ3n) is 3.44. The first-order valence-electron chi connectivity index (χ1n) is 6.96. The lowest BCUT2D eigenvalue weighted by Gasteiger charge is -2.18. The Hall–Kier alpha value is -1.85. The molecule has 3 rings (SSSR count). The highest BCUT2D eigenvalue weighted by atomic mass is 32.2. The van der Waals surface area contributed by atoms with Gasteiger partial charge in [-0.1, -0.05) is 6.58 Å². The van der Waals surface area contributed by atoms with Crippen molar-refractivity contribution >= 4 is 41.9 Å². The van der Waals surface area contributed by atoms with Gasteiger partial charge in [0.25, 0.3) is 0 Å². The highest BCUT2D eigenvalue weighted by molar-refractivity contribution is 8.00. The van der Waals surface area contributed by atoms with Crippen LogP contribution in [0.1, 0.15) is 5.56 Å². The molecule has 0 atom stereocenters. The first-order valence-corrected chi connectivity index (χ1v) is 8.18. The number of benzene rings is 2. The van der Waals surface area contributed by atoms with Crippen LogP contribution in [0.4, 0.5) is 11.4 Å². The summed E-state index contributed by atoms with van der Waals surface area (Å²) >= 11 is 6.10. The number of thiol groups is 1. The van der Waals surface area contributed by atoms with Gasteiger partial charge >= 0.3 is 0 Å². The predicted molar refractivity (Wildman–Crippen MR) is 95.9 cm³/mol. The van der Waals surface area contributed by atoms with Crippen LogP contribution in [0.2, 0.25) is 0 Å². The molecule has 0 spiro atoms. The van der Waals surface area contributed by atoms with Crippen molar-refractivity contribution in [3.63, 3.8) is 0 Å². The Balaban J connectivity index is 1.70. The molecule has 2 aromatic carbocycles. The van der Waals surface area contributed by atoms with Crippen LogP contribution in [0.5, 0.6) is 0 Å². The summed E-state index contributed by atoms with van der Waals surface area (Å²) in [5.74, 6) is -0.198. The molecule has 1 aliphatic heterocycles. The summed E-state index contributed by atoms with van der Waals surface area (Å²) < 4.78 is 2.29. The van der Waals surface area contributed by atoms with Crippen LogP contribution < -0.4 is 9.62 Å². The summed E-state index contributed by atoms with van der Waals surface area (Å²) in [5, 5.41) is 2.75. The summed E-state index contributed by atoms with van der Waals surface area (Å²) in [7, 11) is 0. The summed E-state index contributed by atoms with van der Waals surface area (Å²) in [5.41, 5.74) is 3.37. The minimum Gasteiger partial charge on any atom is -0.323 e. The lowest BCUT2D eigenvalue weighted by atomic mass is 10.2. The molecular formula is C17H16N2OS2. The molecule has 0 radical (unpaired) electrons. The van der Waals surface area contributed by atoms with Gasteiger partial charge in [0.1, 0.15) is 0 Å². The smallest absolute Gasteiger partial charge is 0.247 e. The SMILES string of the molecule is C=CC(=O)Nc1ccc(SN2CCc3cc(S)ccc32)cc1. The lowest BCUT2D eigenvalue weighted by molar-refractivity contribution is -0.111. The van der Waals surface area contributed by atoms with Crippen LogP contribution >= 0.6 is 24.6 Å². The Morgan fingerprint density at radius 1 is 1.27 bits per heavy atom. The van der Waals surface area contributed by atoms with Crippen LogP contribution in [-0.4, -0.2) is 12.5 Å². The Labute approximate surface area is 140 Å². The second-order valence-electron chi connectivity index (χ2n) is 4.97. The van der Waals surface area contributed by atoms with Crippen LogP contribution in [-0.2, 0) is 11.2 Å². The second kappa shape index (κ2) is 6.50. The molecule has 22 heavy (non-hydrogen) atoms. The Bertz CT molecular complexity index is 713. The number of nitrogens with zero attached hydrogens (tertiary/aromatic N) is 1. The number of amides is 1. The van der Waals surface area contributed by atoms with Gasteiger partial charge in [-0.05, 0) is 72.5 Å². The standard InChI is InChI=1S/C17H16N2OS2/c1-2-17(20)18-13-3-6-15(7-4-13)22-19-10-9-12-11-14(21)5-8-16(12)19/h2-8,11,21H,1,9-10H2,(H,18,20). The number of hydrogen-bond acceptors (Lipinski definition) is 4. The van der Waals surface area contributed by atoms with E-state index in [1.807, 2.05) is 30.3 Å². The van der Waals surface area contributed by atoms with Gasteiger partial charge < -0.3 is 9.62 Å². The maximum absolute atomic E-state index is 11.3. The molecule has 1 heterocycles. The van der Waals surface area contributed by atoms with Gasteiger partial charge in [0, 0.05) is 22.0 Å². The molecule has 0 fully saturated rings. The summed E-state index contributed by atoms with van der Waals surface area (Å²) in [6.45, 7) is 4.43. The molecule has 0 unspecified atom stereocenters. The molecule has 0 saturated heterocycles. The van der Waals surface area contributed by atoms with Crippen molar-refractivity contribution in [3.05, 3.63) is 60.7 Å². The fourth-order valence-electron chi connectivity index (χ4n) is 2.37. The topological polar surface area (TPSA) is 32.3 Å². The molecular weight excluding hydrogens is 312 g/mol. The first-order chi connectivity index (χ1) is 10.7. The van der Waals surface area contributed by atoms with E-state index in [0.717, 1.165) is 28.4 Å². The van der Waals surface area contributed by atoms with E-state index in [4.69, 9.17) is 0 Å². The van der Waals surface area contributed by atoms with E-state index in [2.05, 4.69) is 41.0 Å². The van der Waals surface area contributed by atoms with E-state index in [1.54, 1.807) is 11.9 Å². The van der Waals surface area contributed by atoms with E-state index in [0.29, 0.717) is 0 Å². The number of anilines is 2. The largest absolute Gasteiger partial charge is 0.323 e. The highest BCUT2D eigenvalue weighted by Gasteiger charge is 2.20. The van der Waals surface area contributed by atoms with Gasteiger partial charge in [0.2, 0.25) is 5.91 Å². The van der Waals surface area contributed by atoms with Crippen LogP contribution in [0.15, 0.2) is 64.9 Å². The van der Waals surface area contributed by atoms with Crippen molar-refractivity contribution in [2.24, 2.45) is 0 Å². The lowest BCUT2D eigenvalue weighted by Crippen LogP contribution is -2.10. The van der Waals surface area contributed by atoms with Crippen molar-refractivity contribution in [3.8, 4) is 0 Å². The fourth-order valence-corrected chi connectivity index (χ4v) is 3.57. The van der Waals surface area contributed by atoms with Gasteiger partial charge in [0.15, 0.2) is 0 Å². The maximum Gasteiger partial charge on any atom is 0.247 e. The Kier molecular flexibility index (Phi) is 4.45. The van der Waals surface area contributed by atoms with E-state index in [1.165, 1.54) is 17.3 Å². The number of carbonyl (C=O) groups is 1. The Morgan fingerprint density at radius 2 is 2.05 bits per heavy atom. The minimum atomic E-state index is -0.198. The molecule has 0 aliphatic carbocycles. The van der Waals surface area contributed by atoms with E-state index in [-0.39, 0.29) is 5.91 Å². The third-order valence-corrected chi connectivity index (χ3v) is 4.80. The van der Waals surface area contributed by atoms with Crippen molar-refractivity contribution < 1.29 is 4.79 Å². The zero-order chi connectivity index (χ0) is 15.5. The van der Waals surface area contributed by atoms with Crippen molar-refractivity contribution in [1.82, 2.24) is 0 Å². The van der Waals surface area contributed by atoms with Crippen molar-refractivity contribution in [2.75, 3.05) is 16.2 Å². The third kappa shape index (κ3) is 3.31. The van der Waals surface area contributed by atoms with Crippen LogP contribution in [0.3, 0.4) is 0 Å². The first kappa shape index (κ1) is 15.1. The molecule has 1 aliphatic rings. The predicted octanol–water partition coefficient (Wildman–Crippen LogP) is 4.17. The number of hydrogen-bond donors (Lipinski definition) is 2. The number of rotatable bonds is 4. The van der Waals surface area contributed by atoms with Crippen molar-refractivity contribution in [2.45, 2.75) is 16.2 Å². The van der Waals surface area contributed by atoms with Gasteiger partial charge in [-0.25, -0.2) is 0 Å². The summed E-state index contributed by atoms with van der Waals surface area (Å²) in [6, 6.07) is 14.1. The molecule has 0 saturated carbocycles. The molecule has 112 valence electrons. The monoisotopic (exact) mass is 328 g/mol. The fraction of sp³-hybridized carbons (Fsp3) is 0.118. The Morgan fingerprint density at radius 3 is 2.77 bits per heavy atom. The molecule has 3 nitrogen and oxygen atoms in total. The second-order valence-corrected chi connectivity index (χ2v) is 6.59. The van der Waals surface area contributed by atoms with Crippen molar-refractivity contribution in [1.29, 1.82) is 0 Å².